The number of rotatable bonds is 5. The fourth-order valence-electron chi connectivity index (χ4n) is 4.95. The van der Waals surface area contributed by atoms with E-state index in [1.165, 1.54) is 16.7 Å². The molecule has 1 spiro atoms. The molecule has 1 aromatic heterocycles. The lowest BCUT2D eigenvalue weighted by Gasteiger charge is -2.42. The Morgan fingerprint density at radius 1 is 0.967 bits per heavy atom. The molecule has 2 aromatic carbocycles. The van der Waals surface area contributed by atoms with Crippen LogP contribution in [0.5, 0.6) is 0 Å². The van der Waals surface area contributed by atoms with Crippen LogP contribution in [0.4, 0.5) is 5.82 Å². The van der Waals surface area contributed by atoms with E-state index in [0.717, 1.165) is 55.4 Å². The van der Waals surface area contributed by atoms with Gasteiger partial charge in [-0.15, -0.1) is 11.8 Å². The van der Waals surface area contributed by atoms with Gasteiger partial charge in [0, 0.05) is 24.9 Å². The van der Waals surface area contributed by atoms with Crippen molar-refractivity contribution in [3.05, 3.63) is 83.7 Å². The van der Waals surface area contributed by atoms with Gasteiger partial charge in [-0.05, 0) is 47.8 Å². The molecule has 4 nitrogen and oxygen atoms in total. The standard InChI is InChI=1S/C25H28N4S/c26-24-21-9-5-4-8-20(21)16-25(24)11-13-29(14-12-25)22-17-28-23(18-27-22)30-15-10-19-6-2-1-3-7-19/h1-9,17-18,24H,10-16,26H2/t24-/m1/s1. The van der Waals surface area contributed by atoms with Gasteiger partial charge in [0.15, 0.2) is 0 Å². The molecular formula is C25H28N4S. The van der Waals surface area contributed by atoms with E-state index < -0.39 is 0 Å². The number of nitrogens with zero attached hydrogens (tertiary/aromatic N) is 3. The Morgan fingerprint density at radius 2 is 1.73 bits per heavy atom. The SMILES string of the molecule is N[C@@H]1c2ccccc2CC12CCN(c1cnc(SCCc3ccccc3)cn1)CC2. The molecule has 2 aliphatic rings. The van der Waals surface area contributed by atoms with E-state index in [0.29, 0.717) is 0 Å². The number of aromatic nitrogens is 2. The smallest absolute Gasteiger partial charge is 0.147 e. The summed E-state index contributed by atoms with van der Waals surface area (Å²) in [5.41, 5.74) is 11.1. The van der Waals surface area contributed by atoms with Crippen molar-refractivity contribution in [1.82, 2.24) is 9.97 Å². The average Bonchev–Trinajstić information content (AvgIpc) is 3.07. The van der Waals surface area contributed by atoms with Gasteiger partial charge in [-0.2, -0.15) is 0 Å². The number of hydrogen-bond donors (Lipinski definition) is 1. The van der Waals surface area contributed by atoms with Crippen molar-refractivity contribution in [2.24, 2.45) is 11.1 Å². The maximum Gasteiger partial charge on any atom is 0.147 e. The summed E-state index contributed by atoms with van der Waals surface area (Å²) in [5.74, 6) is 2.00. The third-order valence-electron chi connectivity index (χ3n) is 6.77. The lowest BCUT2D eigenvalue weighted by atomic mass is 9.73. The Hall–Kier alpha value is -2.37. The van der Waals surface area contributed by atoms with Crippen molar-refractivity contribution >= 4 is 17.6 Å². The van der Waals surface area contributed by atoms with Crippen LogP contribution in [-0.2, 0) is 12.8 Å². The fraction of sp³-hybridized carbons (Fsp3) is 0.360. The molecule has 0 amide bonds. The molecule has 1 fully saturated rings. The van der Waals surface area contributed by atoms with Crippen LogP contribution in [-0.4, -0.2) is 28.8 Å². The quantitative estimate of drug-likeness (QED) is 0.614. The van der Waals surface area contributed by atoms with Crippen LogP contribution in [0.25, 0.3) is 0 Å². The fourth-order valence-corrected chi connectivity index (χ4v) is 5.75. The molecule has 0 saturated carbocycles. The van der Waals surface area contributed by atoms with Crippen LogP contribution in [0, 0.1) is 5.41 Å². The van der Waals surface area contributed by atoms with Crippen LogP contribution in [0.2, 0.25) is 0 Å². The van der Waals surface area contributed by atoms with E-state index in [-0.39, 0.29) is 11.5 Å². The summed E-state index contributed by atoms with van der Waals surface area (Å²) in [6.07, 6.45) is 8.24. The molecule has 2 N–H and O–H groups in total. The Labute approximate surface area is 182 Å². The van der Waals surface area contributed by atoms with Crippen molar-refractivity contribution in [1.29, 1.82) is 0 Å². The molecule has 0 bridgehead atoms. The van der Waals surface area contributed by atoms with E-state index in [1.807, 2.05) is 12.4 Å². The lowest BCUT2D eigenvalue weighted by molar-refractivity contribution is 0.187. The molecule has 1 aliphatic heterocycles. The highest BCUT2D eigenvalue weighted by Crippen LogP contribution is 2.50. The van der Waals surface area contributed by atoms with Crippen molar-refractivity contribution < 1.29 is 0 Å². The van der Waals surface area contributed by atoms with E-state index in [4.69, 9.17) is 10.7 Å². The molecule has 5 rings (SSSR count). The highest BCUT2D eigenvalue weighted by atomic mass is 32.2. The van der Waals surface area contributed by atoms with Gasteiger partial charge in [0.1, 0.15) is 10.8 Å². The molecule has 3 aromatic rings. The Bertz CT molecular complexity index is 982. The first-order valence-electron chi connectivity index (χ1n) is 10.8. The van der Waals surface area contributed by atoms with E-state index in [2.05, 4.69) is 64.5 Å². The Kier molecular flexibility index (Phi) is 5.48. The normalized spacial score (nSPS) is 19.8. The Balaban J connectivity index is 1.16. The number of fused-ring (bicyclic) bond motifs is 1. The summed E-state index contributed by atoms with van der Waals surface area (Å²) in [6.45, 7) is 1.99. The summed E-state index contributed by atoms with van der Waals surface area (Å²) in [7, 11) is 0. The van der Waals surface area contributed by atoms with Crippen molar-refractivity contribution in [3.8, 4) is 0 Å². The van der Waals surface area contributed by atoms with Gasteiger partial charge in [0.2, 0.25) is 0 Å². The highest BCUT2D eigenvalue weighted by molar-refractivity contribution is 7.99. The topological polar surface area (TPSA) is 55.0 Å². The summed E-state index contributed by atoms with van der Waals surface area (Å²) in [4.78, 5) is 11.7. The van der Waals surface area contributed by atoms with Gasteiger partial charge in [0.05, 0.1) is 12.4 Å². The van der Waals surface area contributed by atoms with Gasteiger partial charge in [-0.3, -0.25) is 0 Å². The van der Waals surface area contributed by atoms with Gasteiger partial charge >= 0.3 is 0 Å². The van der Waals surface area contributed by atoms with E-state index in [1.54, 1.807) is 11.8 Å². The number of benzene rings is 2. The highest BCUT2D eigenvalue weighted by Gasteiger charge is 2.45. The maximum atomic E-state index is 6.70. The summed E-state index contributed by atoms with van der Waals surface area (Å²) < 4.78 is 0. The minimum Gasteiger partial charge on any atom is -0.355 e. The van der Waals surface area contributed by atoms with Crippen LogP contribution in [0.15, 0.2) is 72.0 Å². The summed E-state index contributed by atoms with van der Waals surface area (Å²) in [5, 5.41) is 0.997. The second-order valence-corrected chi connectivity index (χ2v) is 9.61. The molecule has 1 saturated heterocycles. The maximum absolute atomic E-state index is 6.70. The van der Waals surface area contributed by atoms with Crippen molar-refractivity contribution in [2.75, 3.05) is 23.7 Å². The third kappa shape index (κ3) is 3.84. The zero-order chi connectivity index (χ0) is 20.4. The molecule has 0 radical (unpaired) electrons. The average molecular weight is 417 g/mol. The summed E-state index contributed by atoms with van der Waals surface area (Å²) in [6, 6.07) is 19.4. The third-order valence-corrected chi connectivity index (χ3v) is 7.69. The van der Waals surface area contributed by atoms with Crippen molar-refractivity contribution in [3.63, 3.8) is 0 Å². The van der Waals surface area contributed by atoms with Crippen LogP contribution >= 0.6 is 11.8 Å². The van der Waals surface area contributed by atoms with Crippen molar-refractivity contribution in [2.45, 2.75) is 36.8 Å². The predicted molar refractivity (Wildman–Crippen MR) is 124 cm³/mol. The van der Waals surface area contributed by atoms with E-state index in [9.17, 15) is 0 Å². The van der Waals surface area contributed by atoms with Gasteiger partial charge < -0.3 is 10.6 Å². The number of nitrogens with two attached hydrogens (primary N) is 1. The molecule has 1 atom stereocenters. The summed E-state index contributed by atoms with van der Waals surface area (Å²) >= 11 is 1.77. The first-order chi connectivity index (χ1) is 14.7. The largest absolute Gasteiger partial charge is 0.355 e. The van der Waals surface area contributed by atoms with Crippen LogP contribution < -0.4 is 10.6 Å². The molecular weight excluding hydrogens is 388 g/mol. The zero-order valence-corrected chi connectivity index (χ0v) is 18.0. The minimum atomic E-state index is 0.158. The molecule has 154 valence electrons. The number of aryl methyl sites for hydroxylation is 1. The number of piperidine rings is 1. The van der Waals surface area contributed by atoms with Crippen LogP contribution in [0.3, 0.4) is 0 Å². The molecule has 5 heteroatoms. The van der Waals surface area contributed by atoms with Crippen LogP contribution in [0.1, 0.15) is 35.6 Å². The molecule has 0 unspecified atom stereocenters. The first-order valence-corrected chi connectivity index (χ1v) is 11.8. The van der Waals surface area contributed by atoms with Gasteiger partial charge in [-0.1, -0.05) is 54.6 Å². The predicted octanol–water partition coefficient (Wildman–Crippen LogP) is 4.65. The van der Waals surface area contributed by atoms with E-state index >= 15 is 0 Å². The number of thioether (sulfide) groups is 1. The molecule has 30 heavy (non-hydrogen) atoms. The second-order valence-electron chi connectivity index (χ2n) is 8.50. The zero-order valence-electron chi connectivity index (χ0n) is 17.2. The van der Waals surface area contributed by atoms with Gasteiger partial charge in [-0.25, -0.2) is 9.97 Å². The molecule has 1 aliphatic carbocycles. The Morgan fingerprint density at radius 3 is 2.47 bits per heavy atom. The van der Waals surface area contributed by atoms with Gasteiger partial charge in [0.25, 0.3) is 0 Å². The number of hydrogen-bond acceptors (Lipinski definition) is 5. The second kappa shape index (κ2) is 8.40. The minimum absolute atomic E-state index is 0.158. The molecule has 2 heterocycles. The number of anilines is 1. The lowest BCUT2D eigenvalue weighted by Crippen LogP contribution is -2.44. The monoisotopic (exact) mass is 416 g/mol. The first kappa shape index (κ1) is 19.6.